The molecule has 0 aliphatic rings. The predicted molar refractivity (Wildman–Crippen MR) is 75.6 cm³/mol. The van der Waals surface area contributed by atoms with Crippen LogP contribution >= 0.6 is 0 Å². The molecule has 1 N–H and O–H groups in total. The highest BCUT2D eigenvalue weighted by molar-refractivity contribution is 5.93. The minimum absolute atomic E-state index is 0.258. The molecule has 0 aliphatic heterocycles. The molecule has 0 aliphatic carbocycles. The molecule has 1 rings (SSSR count). The summed E-state index contributed by atoms with van der Waals surface area (Å²) in [5, 5.41) is 2.53. The van der Waals surface area contributed by atoms with Crippen molar-refractivity contribution in [3.63, 3.8) is 0 Å². The fraction of sp³-hybridized carbons (Fsp3) is 0.333. The number of esters is 1. The summed E-state index contributed by atoms with van der Waals surface area (Å²) in [6.07, 6.45) is 4.69. The lowest BCUT2D eigenvalue weighted by Gasteiger charge is -2.19. The molecular weight excluding hydrogens is 258 g/mol. The van der Waals surface area contributed by atoms with Crippen LogP contribution in [0, 0.1) is 12.3 Å². The van der Waals surface area contributed by atoms with E-state index in [1.807, 2.05) is 0 Å². The molecule has 0 saturated carbocycles. The molecule has 0 heterocycles. The second-order valence-corrected chi connectivity index (χ2v) is 5.06. The Kier molecular flexibility index (Phi) is 4.76. The Bertz CT molecular complexity index is 564. The monoisotopic (exact) mass is 275 g/mol. The summed E-state index contributed by atoms with van der Waals surface area (Å²) < 4.78 is 9.75. The van der Waals surface area contributed by atoms with Crippen LogP contribution in [0.3, 0.4) is 0 Å². The Morgan fingerprint density at radius 3 is 2.40 bits per heavy atom. The van der Waals surface area contributed by atoms with Crippen molar-refractivity contribution in [2.75, 3.05) is 12.4 Å². The van der Waals surface area contributed by atoms with Gasteiger partial charge in [-0.25, -0.2) is 9.59 Å². The first-order valence-electron chi connectivity index (χ1n) is 5.95. The quantitative estimate of drug-likeness (QED) is 0.666. The highest BCUT2D eigenvalue weighted by atomic mass is 16.6. The molecule has 20 heavy (non-hydrogen) atoms. The maximum atomic E-state index is 11.7. The van der Waals surface area contributed by atoms with Crippen molar-refractivity contribution < 1.29 is 19.1 Å². The van der Waals surface area contributed by atoms with Gasteiger partial charge in [0.15, 0.2) is 0 Å². The Hall–Kier alpha value is -2.48. The van der Waals surface area contributed by atoms with Gasteiger partial charge < -0.3 is 9.47 Å². The first-order valence-corrected chi connectivity index (χ1v) is 5.95. The van der Waals surface area contributed by atoms with Gasteiger partial charge in [-0.15, -0.1) is 6.42 Å². The van der Waals surface area contributed by atoms with Crippen LogP contribution in [0.25, 0.3) is 0 Å². The lowest BCUT2D eigenvalue weighted by Crippen LogP contribution is -2.27. The van der Waals surface area contributed by atoms with E-state index in [-0.39, 0.29) is 5.56 Å². The Balaban J connectivity index is 2.98. The van der Waals surface area contributed by atoms with Crippen molar-refractivity contribution in [2.24, 2.45) is 0 Å². The highest BCUT2D eigenvalue weighted by Crippen LogP contribution is 2.17. The van der Waals surface area contributed by atoms with Gasteiger partial charge in [0.25, 0.3) is 0 Å². The van der Waals surface area contributed by atoms with Gasteiger partial charge in [-0.3, -0.25) is 5.32 Å². The molecule has 1 aromatic rings. The van der Waals surface area contributed by atoms with Gasteiger partial charge >= 0.3 is 12.1 Å². The fourth-order valence-electron chi connectivity index (χ4n) is 1.44. The Morgan fingerprint density at radius 1 is 1.25 bits per heavy atom. The molecule has 0 radical (unpaired) electrons. The van der Waals surface area contributed by atoms with Crippen LogP contribution in [-0.2, 0) is 9.47 Å². The lowest BCUT2D eigenvalue weighted by atomic mass is 10.1. The number of nitrogens with one attached hydrogen (secondary N) is 1. The minimum atomic E-state index is -0.623. The number of carbonyl (C=O) groups excluding carboxylic acids is 2. The number of rotatable bonds is 2. The molecule has 1 amide bonds. The van der Waals surface area contributed by atoms with Gasteiger partial charge in [-0.05, 0) is 39.0 Å². The van der Waals surface area contributed by atoms with E-state index in [2.05, 4.69) is 16.0 Å². The van der Waals surface area contributed by atoms with Crippen LogP contribution in [0.5, 0.6) is 0 Å². The summed E-state index contributed by atoms with van der Waals surface area (Å²) in [4.78, 5) is 23.2. The lowest BCUT2D eigenvalue weighted by molar-refractivity contribution is 0.0596. The van der Waals surface area contributed by atoms with Crippen LogP contribution < -0.4 is 5.32 Å². The summed E-state index contributed by atoms with van der Waals surface area (Å²) in [6.45, 7) is 5.26. The molecule has 5 heteroatoms. The topological polar surface area (TPSA) is 64.6 Å². The van der Waals surface area contributed by atoms with Gasteiger partial charge in [0.1, 0.15) is 5.60 Å². The van der Waals surface area contributed by atoms with Crippen molar-refractivity contribution >= 4 is 17.7 Å². The zero-order chi connectivity index (χ0) is 15.3. The van der Waals surface area contributed by atoms with Crippen LogP contribution in [0.15, 0.2) is 18.2 Å². The third kappa shape index (κ3) is 4.65. The molecule has 1 aromatic carbocycles. The largest absolute Gasteiger partial charge is 0.465 e. The van der Waals surface area contributed by atoms with Gasteiger partial charge in [0.05, 0.1) is 12.7 Å². The summed E-state index contributed by atoms with van der Waals surface area (Å²) in [5.74, 6) is 1.88. The SMILES string of the molecule is C#Cc1cc(NC(=O)OC(C)(C)C)cc(C(=O)OC)c1. The van der Waals surface area contributed by atoms with Gasteiger partial charge in [0.2, 0.25) is 0 Å². The van der Waals surface area contributed by atoms with Crippen molar-refractivity contribution in [1.82, 2.24) is 0 Å². The van der Waals surface area contributed by atoms with E-state index in [0.29, 0.717) is 11.3 Å². The standard InChI is InChI=1S/C15H17NO4/c1-6-10-7-11(13(17)19-5)9-12(8-10)16-14(18)20-15(2,3)4/h1,7-9H,2-5H3,(H,16,18). The zero-order valence-corrected chi connectivity index (χ0v) is 11.9. The van der Waals surface area contributed by atoms with E-state index in [1.54, 1.807) is 26.8 Å². The van der Waals surface area contributed by atoms with E-state index in [0.717, 1.165) is 0 Å². The molecule has 0 bridgehead atoms. The number of amides is 1. The average Bonchev–Trinajstić information content (AvgIpc) is 2.34. The maximum Gasteiger partial charge on any atom is 0.412 e. The second kappa shape index (κ2) is 6.11. The number of hydrogen-bond donors (Lipinski definition) is 1. The number of ether oxygens (including phenoxy) is 2. The number of anilines is 1. The molecular formula is C15H17NO4. The average molecular weight is 275 g/mol. The summed E-state index contributed by atoms with van der Waals surface area (Å²) in [6, 6.07) is 4.54. The smallest absolute Gasteiger partial charge is 0.412 e. The molecule has 0 spiro atoms. The van der Waals surface area contributed by atoms with E-state index >= 15 is 0 Å². The number of methoxy groups -OCH3 is 1. The first kappa shape index (κ1) is 15.6. The molecule has 0 aromatic heterocycles. The van der Waals surface area contributed by atoms with E-state index in [1.165, 1.54) is 19.2 Å². The van der Waals surface area contributed by atoms with Crippen molar-refractivity contribution in [3.8, 4) is 12.3 Å². The van der Waals surface area contributed by atoms with Crippen LogP contribution in [0.4, 0.5) is 10.5 Å². The van der Waals surface area contributed by atoms with Crippen LogP contribution in [0.2, 0.25) is 0 Å². The van der Waals surface area contributed by atoms with Crippen LogP contribution in [-0.4, -0.2) is 24.8 Å². The van der Waals surface area contributed by atoms with Crippen LogP contribution in [0.1, 0.15) is 36.7 Å². The van der Waals surface area contributed by atoms with Gasteiger partial charge in [-0.2, -0.15) is 0 Å². The Morgan fingerprint density at radius 2 is 1.90 bits per heavy atom. The Labute approximate surface area is 118 Å². The van der Waals surface area contributed by atoms with E-state index in [9.17, 15) is 9.59 Å². The number of terminal acetylenes is 1. The summed E-state index contributed by atoms with van der Waals surface area (Å²) in [5.41, 5.74) is 0.474. The predicted octanol–water partition coefficient (Wildman–Crippen LogP) is 2.80. The maximum absolute atomic E-state index is 11.7. The summed E-state index contributed by atoms with van der Waals surface area (Å²) >= 11 is 0. The number of benzene rings is 1. The van der Waals surface area contributed by atoms with Gasteiger partial charge in [0, 0.05) is 11.3 Å². The van der Waals surface area contributed by atoms with E-state index in [4.69, 9.17) is 11.2 Å². The number of hydrogen-bond acceptors (Lipinski definition) is 4. The third-order valence-electron chi connectivity index (χ3n) is 2.17. The summed E-state index contributed by atoms with van der Waals surface area (Å²) in [7, 11) is 1.27. The number of carbonyl (C=O) groups is 2. The first-order chi connectivity index (χ1) is 9.25. The molecule has 0 fully saturated rings. The van der Waals surface area contributed by atoms with E-state index < -0.39 is 17.7 Å². The normalized spacial score (nSPS) is 10.3. The van der Waals surface area contributed by atoms with Gasteiger partial charge in [-0.1, -0.05) is 5.92 Å². The highest BCUT2D eigenvalue weighted by Gasteiger charge is 2.17. The molecule has 0 atom stereocenters. The van der Waals surface area contributed by atoms with Crippen molar-refractivity contribution in [1.29, 1.82) is 0 Å². The zero-order valence-electron chi connectivity index (χ0n) is 11.9. The second-order valence-electron chi connectivity index (χ2n) is 5.06. The molecule has 0 saturated heterocycles. The molecule has 0 unspecified atom stereocenters. The fourth-order valence-corrected chi connectivity index (χ4v) is 1.44. The third-order valence-corrected chi connectivity index (χ3v) is 2.17. The minimum Gasteiger partial charge on any atom is -0.465 e. The van der Waals surface area contributed by atoms with Crippen molar-refractivity contribution in [3.05, 3.63) is 29.3 Å². The molecule has 5 nitrogen and oxygen atoms in total. The van der Waals surface area contributed by atoms with Crippen molar-refractivity contribution in [2.45, 2.75) is 26.4 Å². The molecule has 106 valence electrons.